The molecule has 7 heteroatoms. The molecule has 23 heavy (non-hydrogen) atoms. The van der Waals surface area contributed by atoms with Gasteiger partial charge >= 0.3 is 0 Å². The van der Waals surface area contributed by atoms with E-state index in [4.69, 9.17) is 9.47 Å². The Morgan fingerprint density at radius 2 is 1.87 bits per heavy atom. The van der Waals surface area contributed by atoms with Gasteiger partial charge in [0.15, 0.2) is 0 Å². The first-order chi connectivity index (χ1) is 11.0. The third-order valence-electron chi connectivity index (χ3n) is 3.83. The number of methoxy groups -OCH3 is 2. The first-order valence-electron chi connectivity index (χ1n) is 7.00. The lowest BCUT2D eigenvalue weighted by Crippen LogP contribution is -2.29. The van der Waals surface area contributed by atoms with Gasteiger partial charge in [-0.15, -0.1) is 0 Å². The van der Waals surface area contributed by atoms with E-state index in [1.54, 1.807) is 12.1 Å². The van der Waals surface area contributed by atoms with E-state index >= 15 is 0 Å². The molecule has 0 spiro atoms. The Kier molecular flexibility index (Phi) is 3.89. The Hall–Kier alpha value is -2.28. The molecular weight excluding hydrogens is 321 g/mol. The van der Waals surface area contributed by atoms with Crippen LogP contribution < -0.4 is 13.8 Å². The number of benzene rings is 2. The van der Waals surface area contributed by atoms with Crippen LogP contribution in [0.2, 0.25) is 0 Å². The molecule has 0 aliphatic carbocycles. The fraction of sp³-hybridized carbons (Fsp3) is 0.250. The summed E-state index contributed by atoms with van der Waals surface area (Å²) >= 11 is 0. The van der Waals surface area contributed by atoms with Crippen LogP contribution in [0.25, 0.3) is 0 Å². The van der Waals surface area contributed by atoms with Crippen molar-refractivity contribution >= 4 is 15.7 Å². The van der Waals surface area contributed by atoms with Crippen LogP contribution >= 0.6 is 0 Å². The van der Waals surface area contributed by atoms with Crippen molar-refractivity contribution < 1.29 is 22.3 Å². The van der Waals surface area contributed by atoms with Gasteiger partial charge in [0.2, 0.25) is 0 Å². The summed E-state index contributed by atoms with van der Waals surface area (Å²) in [4.78, 5) is 0.0246. The lowest BCUT2D eigenvalue weighted by molar-refractivity contribution is 0.392. The molecule has 0 aromatic heterocycles. The summed E-state index contributed by atoms with van der Waals surface area (Å²) in [5, 5.41) is 0. The quantitative estimate of drug-likeness (QED) is 0.860. The third-order valence-corrected chi connectivity index (χ3v) is 5.67. The fourth-order valence-electron chi connectivity index (χ4n) is 2.69. The zero-order chi connectivity index (χ0) is 16.6. The van der Waals surface area contributed by atoms with Crippen molar-refractivity contribution in [2.24, 2.45) is 0 Å². The first-order valence-corrected chi connectivity index (χ1v) is 8.44. The predicted molar refractivity (Wildman–Crippen MR) is 84.2 cm³/mol. The molecule has 2 aromatic carbocycles. The molecule has 1 aliphatic heterocycles. The van der Waals surface area contributed by atoms with Gasteiger partial charge in [-0.25, -0.2) is 12.8 Å². The van der Waals surface area contributed by atoms with Crippen LogP contribution in [0.5, 0.6) is 11.5 Å². The Balaban J connectivity index is 2.11. The monoisotopic (exact) mass is 337 g/mol. The van der Waals surface area contributed by atoms with Crippen LogP contribution in [0.3, 0.4) is 0 Å². The SMILES string of the molecule is COc1ccc(OC)c(S(=O)(=O)N2CCc3cc(F)ccc32)c1. The van der Waals surface area contributed by atoms with Gasteiger partial charge in [-0.05, 0) is 42.3 Å². The Morgan fingerprint density at radius 3 is 2.57 bits per heavy atom. The molecule has 1 aliphatic rings. The first kappa shape index (κ1) is 15.6. The molecule has 2 aromatic rings. The fourth-order valence-corrected chi connectivity index (χ4v) is 4.37. The molecule has 0 saturated heterocycles. The highest BCUT2D eigenvalue weighted by molar-refractivity contribution is 7.93. The van der Waals surface area contributed by atoms with Gasteiger partial charge in [0.05, 0.1) is 19.9 Å². The van der Waals surface area contributed by atoms with Crippen LogP contribution in [0, 0.1) is 5.82 Å². The highest BCUT2D eigenvalue weighted by Gasteiger charge is 2.33. The maximum absolute atomic E-state index is 13.3. The minimum Gasteiger partial charge on any atom is -0.497 e. The van der Waals surface area contributed by atoms with E-state index < -0.39 is 10.0 Å². The van der Waals surface area contributed by atoms with E-state index in [-0.39, 0.29) is 23.0 Å². The lowest BCUT2D eigenvalue weighted by atomic mass is 10.2. The molecule has 0 bridgehead atoms. The number of anilines is 1. The number of halogens is 1. The van der Waals surface area contributed by atoms with Crippen LogP contribution in [0.15, 0.2) is 41.3 Å². The second-order valence-electron chi connectivity index (χ2n) is 5.12. The molecule has 0 radical (unpaired) electrons. The third kappa shape index (κ3) is 2.61. The van der Waals surface area contributed by atoms with Gasteiger partial charge in [-0.1, -0.05) is 0 Å². The number of sulfonamides is 1. The Labute approximate surface area is 134 Å². The van der Waals surface area contributed by atoms with Crippen molar-refractivity contribution in [1.82, 2.24) is 0 Å². The second-order valence-corrected chi connectivity index (χ2v) is 6.95. The molecule has 0 N–H and O–H groups in total. The van der Waals surface area contributed by atoms with Crippen molar-refractivity contribution in [2.45, 2.75) is 11.3 Å². The molecule has 0 atom stereocenters. The zero-order valence-corrected chi connectivity index (χ0v) is 13.6. The van der Waals surface area contributed by atoms with Crippen LogP contribution in [-0.4, -0.2) is 29.2 Å². The van der Waals surface area contributed by atoms with Crippen molar-refractivity contribution in [3.05, 3.63) is 47.8 Å². The highest BCUT2D eigenvalue weighted by atomic mass is 32.2. The average molecular weight is 337 g/mol. The van der Waals surface area contributed by atoms with Gasteiger partial charge in [-0.2, -0.15) is 0 Å². The van der Waals surface area contributed by atoms with E-state index in [0.717, 1.165) is 0 Å². The van der Waals surface area contributed by atoms with Crippen LogP contribution in [0.4, 0.5) is 10.1 Å². The number of fused-ring (bicyclic) bond motifs is 1. The smallest absolute Gasteiger partial charge is 0.268 e. The number of hydrogen-bond donors (Lipinski definition) is 0. The van der Waals surface area contributed by atoms with Gasteiger partial charge < -0.3 is 9.47 Å². The van der Waals surface area contributed by atoms with Gasteiger partial charge in [-0.3, -0.25) is 4.31 Å². The Morgan fingerprint density at radius 1 is 1.09 bits per heavy atom. The number of nitrogens with zero attached hydrogens (tertiary/aromatic N) is 1. The summed E-state index contributed by atoms with van der Waals surface area (Å²) < 4.78 is 50.9. The maximum Gasteiger partial charge on any atom is 0.268 e. The van der Waals surface area contributed by atoms with Gasteiger partial charge in [0, 0.05) is 12.6 Å². The summed E-state index contributed by atoms with van der Waals surface area (Å²) in [5.41, 5.74) is 1.17. The summed E-state index contributed by atoms with van der Waals surface area (Å²) in [5.74, 6) is 0.284. The van der Waals surface area contributed by atoms with E-state index in [9.17, 15) is 12.8 Å². The van der Waals surface area contributed by atoms with E-state index in [2.05, 4.69) is 0 Å². The van der Waals surface area contributed by atoms with Gasteiger partial charge in [0.1, 0.15) is 22.2 Å². The topological polar surface area (TPSA) is 55.8 Å². The summed E-state index contributed by atoms with van der Waals surface area (Å²) in [6.07, 6.45) is 0.471. The van der Waals surface area contributed by atoms with Gasteiger partial charge in [0.25, 0.3) is 10.0 Å². The normalized spacial score (nSPS) is 13.8. The minimum absolute atomic E-state index is 0.0246. The van der Waals surface area contributed by atoms with E-state index in [1.165, 1.54) is 42.8 Å². The molecule has 5 nitrogen and oxygen atoms in total. The largest absolute Gasteiger partial charge is 0.497 e. The number of hydrogen-bond acceptors (Lipinski definition) is 4. The summed E-state index contributed by atoms with van der Waals surface area (Å²) in [6.45, 7) is 0.265. The molecule has 0 amide bonds. The second kappa shape index (κ2) is 5.73. The van der Waals surface area contributed by atoms with Crippen LogP contribution in [0.1, 0.15) is 5.56 Å². The van der Waals surface area contributed by atoms with Crippen molar-refractivity contribution in [3.63, 3.8) is 0 Å². The molecule has 0 unspecified atom stereocenters. The highest BCUT2D eigenvalue weighted by Crippen LogP contribution is 2.37. The number of ether oxygens (including phenoxy) is 2. The average Bonchev–Trinajstić information content (AvgIpc) is 2.97. The standard InChI is InChI=1S/C16H16FNO4S/c1-21-13-4-6-15(22-2)16(10-13)23(19,20)18-8-7-11-9-12(17)3-5-14(11)18/h3-6,9-10H,7-8H2,1-2H3. The molecule has 0 saturated carbocycles. The van der Waals surface area contributed by atoms with E-state index in [0.29, 0.717) is 23.4 Å². The maximum atomic E-state index is 13.3. The van der Waals surface area contributed by atoms with Crippen molar-refractivity contribution in [2.75, 3.05) is 25.1 Å². The minimum atomic E-state index is -3.83. The zero-order valence-electron chi connectivity index (χ0n) is 12.7. The van der Waals surface area contributed by atoms with Crippen molar-refractivity contribution in [1.29, 1.82) is 0 Å². The molecule has 0 fully saturated rings. The molecule has 3 rings (SSSR count). The summed E-state index contributed by atoms with van der Waals surface area (Å²) in [6, 6.07) is 8.72. The summed E-state index contributed by atoms with van der Waals surface area (Å²) in [7, 11) is -0.959. The lowest BCUT2D eigenvalue weighted by Gasteiger charge is -2.21. The number of rotatable bonds is 4. The predicted octanol–water partition coefficient (Wildman–Crippen LogP) is 2.59. The molecular formula is C16H16FNO4S. The van der Waals surface area contributed by atoms with Crippen molar-refractivity contribution in [3.8, 4) is 11.5 Å². The molecule has 1 heterocycles. The Bertz CT molecular complexity index is 851. The van der Waals surface area contributed by atoms with E-state index in [1.807, 2.05) is 0 Å². The molecule has 122 valence electrons. The van der Waals surface area contributed by atoms with Crippen LogP contribution in [-0.2, 0) is 16.4 Å².